The van der Waals surface area contributed by atoms with Crippen molar-refractivity contribution in [3.05, 3.63) is 63.6 Å². The third-order valence-corrected chi connectivity index (χ3v) is 5.39. The fourth-order valence-corrected chi connectivity index (χ4v) is 3.53. The first kappa shape index (κ1) is 19.5. The molecule has 27 heavy (non-hydrogen) atoms. The zero-order chi connectivity index (χ0) is 19.4. The maximum absolute atomic E-state index is 12.6. The Morgan fingerprint density at radius 2 is 1.89 bits per heavy atom. The van der Waals surface area contributed by atoms with Gasteiger partial charge in [-0.1, -0.05) is 35.3 Å². The molecule has 7 heteroatoms. The number of carbonyl (C=O) groups excluding carboxylic acids is 2. The fourth-order valence-electron chi connectivity index (χ4n) is 3.23. The lowest BCUT2D eigenvalue weighted by molar-refractivity contribution is -0.131. The predicted octanol–water partition coefficient (Wildman–Crippen LogP) is 4.10. The Balaban J connectivity index is 1.62. The number of amides is 2. The van der Waals surface area contributed by atoms with E-state index in [1.165, 1.54) is 6.07 Å². The van der Waals surface area contributed by atoms with Crippen LogP contribution in [0.5, 0.6) is 5.75 Å². The van der Waals surface area contributed by atoms with Crippen molar-refractivity contribution < 1.29 is 14.3 Å². The van der Waals surface area contributed by atoms with Crippen molar-refractivity contribution in [1.82, 2.24) is 10.2 Å². The second-order valence-corrected chi connectivity index (χ2v) is 7.14. The Bertz CT molecular complexity index is 840. The molecule has 5 nitrogen and oxygen atoms in total. The highest BCUT2D eigenvalue weighted by molar-refractivity contribution is 6.42. The summed E-state index contributed by atoms with van der Waals surface area (Å²) < 4.78 is 5.18. The summed E-state index contributed by atoms with van der Waals surface area (Å²) in [6.07, 6.45) is 1.84. The quantitative estimate of drug-likeness (QED) is 0.812. The summed E-state index contributed by atoms with van der Waals surface area (Å²) in [5.41, 5.74) is 1.43. The van der Waals surface area contributed by atoms with Crippen LogP contribution in [0, 0.1) is 0 Å². The lowest BCUT2D eigenvalue weighted by Crippen LogP contribution is -2.39. The van der Waals surface area contributed by atoms with E-state index in [9.17, 15) is 9.59 Å². The number of carbonyl (C=O) groups is 2. The highest BCUT2D eigenvalue weighted by Gasteiger charge is 2.29. The standard InChI is InChI=1S/C20H20Cl2N2O3/c1-27-15-7-4-13(5-8-15)18-3-2-10-24(18)19(25)12-23-20(26)14-6-9-16(21)17(22)11-14/h4-9,11,18H,2-3,10,12H2,1H3,(H,23,26). The molecule has 142 valence electrons. The molecule has 2 amide bonds. The first-order valence-corrected chi connectivity index (χ1v) is 9.42. The smallest absolute Gasteiger partial charge is 0.251 e. The summed E-state index contributed by atoms with van der Waals surface area (Å²) in [5, 5.41) is 3.34. The summed E-state index contributed by atoms with van der Waals surface area (Å²) in [7, 11) is 1.62. The van der Waals surface area contributed by atoms with Gasteiger partial charge in [0.2, 0.25) is 5.91 Å². The van der Waals surface area contributed by atoms with Crippen molar-refractivity contribution in [2.45, 2.75) is 18.9 Å². The average Bonchev–Trinajstić information content (AvgIpc) is 3.18. The molecule has 1 N–H and O–H groups in total. The molecule has 3 rings (SSSR count). The van der Waals surface area contributed by atoms with Gasteiger partial charge in [0.05, 0.1) is 29.7 Å². The van der Waals surface area contributed by atoms with Crippen molar-refractivity contribution in [3.63, 3.8) is 0 Å². The molecule has 0 aromatic heterocycles. The number of benzene rings is 2. The molecular formula is C20H20Cl2N2O3. The van der Waals surface area contributed by atoms with Gasteiger partial charge < -0.3 is 15.0 Å². The molecule has 1 aliphatic heterocycles. The van der Waals surface area contributed by atoms with Gasteiger partial charge in [0.25, 0.3) is 5.91 Å². The van der Waals surface area contributed by atoms with Gasteiger partial charge in [-0.25, -0.2) is 0 Å². The summed E-state index contributed by atoms with van der Waals surface area (Å²) >= 11 is 11.8. The third kappa shape index (κ3) is 4.54. The van der Waals surface area contributed by atoms with E-state index in [0.29, 0.717) is 22.2 Å². The Kier molecular flexibility index (Phi) is 6.24. The largest absolute Gasteiger partial charge is 0.497 e. The number of likely N-dealkylation sites (tertiary alicyclic amines) is 1. The van der Waals surface area contributed by atoms with Crippen LogP contribution in [-0.4, -0.2) is 36.9 Å². The van der Waals surface area contributed by atoms with E-state index in [1.807, 2.05) is 29.2 Å². The van der Waals surface area contributed by atoms with Crippen LogP contribution in [0.2, 0.25) is 10.0 Å². The second kappa shape index (κ2) is 8.63. The van der Waals surface area contributed by atoms with Crippen molar-refractivity contribution in [2.75, 3.05) is 20.2 Å². The zero-order valence-corrected chi connectivity index (χ0v) is 16.4. The maximum atomic E-state index is 12.6. The minimum absolute atomic E-state index is 0.0188. The Hall–Kier alpha value is -2.24. The molecule has 0 bridgehead atoms. The van der Waals surface area contributed by atoms with Gasteiger partial charge in [-0.05, 0) is 48.7 Å². The number of nitrogens with zero attached hydrogens (tertiary/aromatic N) is 1. The van der Waals surface area contributed by atoms with Crippen molar-refractivity contribution in [3.8, 4) is 5.75 Å². The topological polar surface area (TPSA) is 58.6 Å². The number of halogens is 2. The first-order chi connectivity index (χ1) is 13.0. The van der Waals surface area contributed by atoms with E-state index < -0.39 is 0 Å². The Morgan fingerprint density at radius 3 is 2.56 bits per heavy atom. The Labute approximate surface area is 168 Å². The molecule has 1 unspecified atom stereocenters. The minimum Gasteiger partial charge on any atom is -0.497 e. The molecule has 0 spiro atoms. The summed E-state index contributed by atoms with van der Waals surface area (Å²) in [6.45, 7) is 0.615. The minimum atomic E-state index is -0.359. The van der Waals surface area contributed by atoms with E-state index >= 15 is 0 Å². The maximum Gasteiger partial charge on any atom is 0.251 e. The monoisotopic (exact) mass is 406 g/mol. The van der Waals surface area contributed by atoms with Crippen LogP contribution in [0.25, 0.3) is 0 Å². The first-order valence-electron chi connectivity index (χ1n) is 8.66. The summed E-state index contributed by atoms with van der Waals surface area (Å²) in [6, 6.07) is 12.4. The lowest BCUT2D eigenvalue weighted by Gasteiger charge is -2.25. The number of hydrogen-bond donors (Lipinski definition) is 1. The van der Waals surface area contributed by atoms with Crippen molar-refractivity contribution >= 4 is 35.0 Å². The number of ether oxygens (including phenoxy) is 1. The second-order valence-electron chi connectivity index (χ2n) is 6.33. The van der Waals surface area contributed by atoms with Crippen LogP contribution in [0.15, 0.2) is 42.5 Å². The Morgan fingerprint density at radius 1 is 1.15 bits per heavy atom. The molecule has 2 aromatic carbocycles. The van der Waals surface area contributed by atoms with Crippen LogP contribution in [0.1, 0.15) is 34.8 Å². The van der Waals surface area contributed by atoms with Crippen LogP contribution < -0.4 is 10.1 Å². The van der Waals surface area contributed by atoms with Crippen LogP contribution in [0.3, 0.4) is 0 Å². The normalized spacial score (nSPS) is 16.3. The van der Waals surface area contributed by atoms with Crippen LogP contribution in [0.4, 0.5) is 0 Å². The summed E-state index contributed by atoms with van der Waals surface area (Å²) in [4.78, 5) is 26.7. The van der Waals surface area contributed by atoms with E-state index in [4.69, 9.17) is 27.9 Å². The van der Waals surface area contributed by atoms with Crippen LogP contribution >= 0.6 is 23.2 Å². The van der Waals surface area contributed by atoms with E-state index in [1.54, 1.807) is 19.2 Å². The molecule has 1 aliphatic rings. The SMILES string of the molecule is COc1ccc(C2CCCN2C(=O)CNC(=O)c2ccc(Cl)c(Cl)c2)cc1. The van der Waals surface area contributed by atoms with Gasteiger partial charge >= 0.3 is 0 Å². The number of hydrogen-bond acceptors (Lipinski definition) is 3. The van der Waals surface area contributed by atoms with Gasteiger partial charge in [-0.15, -0.1) is 0 Å². The van der Waals surface area contributed by atoms with E-state index in [-0.39, 0.29) is 24.4 Å². The molecule has 1 fully saturated rings. The molecule has 0 saturated carbocycles. The number of rotatable bonds is 5. The van der Waals surface area contributed by atoms with Gasteiger partial charge in [0.15, 0.2) is 0 Å². The molecule has 1 saturated heterocycles. The highest BCUT2D eigenvalue weighted by Crippen LogP contribution is 2.32. The van der Waals surface area contributed by atoms with Crippen LogP contribution in [-0.2, 0) is 4.79 Å². The molecule has 1 heterocycles. The van der Waals surface area contributed by atoms with Gasteiger partial charge in [0.1, 0.15) is 5.75 Å². The van der Waals surface area contributed by atoms with Gasteiger partial charge in [-0.2, -0.15) is 0 Å². The van der Waals surface area contributed by atoms with E-state index in [0.717, 1.165) is 24.2 Å². The number of methoxy groups -OCH3 is 1. The van der Waals surface area contributed by atoms with Crippen molar-refractivity contribution in [2.24, 2.45) is 0 Å². The lowest BCUT2D eigenvalue weighted by atomic mass is 10.0. The molecular weight excluding hydrogens is 387 g/mol. The molecule has 2 aromatic rings. The van der Waals surface area contributed by atoms with Gasteiger partial charge in [-0.3, -0.25) is 9.59 Å². The third-order valence-electron chi connectivity index (χ3n) is 4.66. The average molecular weight is 407 g/mol. The molecule has 1 atom stereocenters. The highest BCUT2D eigenvalue weighted by atomic mass is 35.5. The van der Waals surface area contributed by atoms with Crippen molar-refractivity contribution in [1.29, 1.82) is 0 Å². The number of nitrogens with one attached hydrogen (secondary N) is 1. The zero-order valence-electron chi connectivity index (χ0n) is 14.9. The fraction of sp³-hybridized carbons (Fsp3) is 0.300. The molecule has 0 radical (unpaired) electrons. The molecule has 0 aliphatic carbocycles. The van der Waals surface area contributed by atoms with E-state index in [2.05, 4.69) is 5.32 Å². The summed E-state index contributed by atoms with van der Waals surface area (Å²) in [5.74, 6) is 0.312. The van der Waals surface area contributed by atoms with Gasteiger partial charge in [0, 0.05) is 12.1 Å². The predicted molar refractivity (Wildman–Crippen MR) is 105 cm³/mol.